The zero-order valence-electron chi connectivity index (χ0n) is 13.9. The molecule has 4 heteroatoms. The summed E-state index contributed by atoms with van der Waals surface area (Å²) in [6, 6.07) is 10.4. The van der Waals surface area contributed by atoms with Crippen LogP contribution in [0.3, 0.4) is 0 Å². The zero-order valence-corrected chi connectivity index (χ0v) is 13.9. The van der Waals surface area contributed by atoms with Crippen LogP contribution in [0.5, 0.6) is 0 Å². The van der Waals surface area contributed by atoms with Gasteiger partial charge in [-0.25, -0.2) is 0 Å². The van der Waals surface area contributed by atoms with Gasteiger partial charge in [0.25, 0.3) is 0 Å². The van der Waals surface area contributed by atoms with Crippen molar-refractivity contribution >= 4 is 11.9 Å². The van der Waals surface area contributed by atoms with Gasteiger partial charge < -0.3 is 19.8 Å². The first-order valence-electron chi connectivity index (χ1n) is 8.00. The second-order valence-corrected chi connectivity index (χ2v) is 6.10. The second-order valence-electron chi connectivity index (χ2n) is 6.10. The number of unbranched alkanes of at least 4 members (excludes halogenated alkanes) is 1. The van der Waals surface area contributed by atoms with Crippen LogP contribution in [0.25, 0.3) is 0 Å². The number of carboxylic acids is 2. The molecule has 0 spiro atoms. The molecule has 0 N–H and O–H groups in total. The lowest BCUT2D eigenvalue weighted by Crippen LogP contribution is -2.24. The monoisotopic (exact) mass is 324 g/mol. The fraction of sp³-hybridized carbons (Fsp3) is 0.300. The van der Waals surface area contributed by atoms with Crippen molar-refractivity contribution in [3.8, 4) is 0 Å². The highest BCUT2D eigenvalue weighted by Gasteiger charge is 2.06. The van der Waals surface area contributed by atoms with Crippen molar-refractivity contribution in [3.05, 3.63) is 69.8 Å². The Hall–Kier alpha value is -2.62. The molecule has 2 aromatic rings. The lowest BCUT2D eigenvalue weighted by Gasteiger charge is -2.13. The summed E-state index contributed by atoms with van der Waals surface area (Å²) in [6.45, 7) is 3.84. The molecule has 0 aliphatic heterocycles. The molecule has 0 aliphatic carbocycles. The van der Waals surface area contributed by atoms with Gasteiger partial charge in [-0.15, -0.1) is 0 Å². The molecule has 0 saturated carbocycles. The van der Waals surface area contributed by atoms with E-state index in [1.54, 1.807) is 24.3 Å². The molecule has 0 heterocycles. The number of carboxylic acid groups (broad SMARTS) is 2. The number of carbonyl (C=O) groups excluding carboxylic acids is 2. The minimum Gasteiger partial charge on any atom is -0.545 e. The van der Waals surface area contributed by atoms with Crippen LogP contribution in [0, 0.1) is 13.8 Å². The van der Waals surface area contributed by atoms with Gasteiger partial charge in [0.2, 0.25) is 0 Å². The smallest absolute Gasteiger partial charge is 0.0718 e. The lowest BCUT2D eigenvalue weighted by molar-refractivity contribution is -0.256. The van der Waals surface area contributed by atoms with Crippen LogP contribution >= 0.6 is 0 Å². The highest BCUT2D eigenvalue weighted by Crippen LogP contribution is 2.17. The molecule has 0 aliphatic rings. The SMILES string of the molecule is Cc1ccc(C(=O)[O-])c(CCCCc2cc(C)ccc2C(=O)[O-])c1. The number of rotatable bonds is 7. The highest BCUT2D eigenvalue weighted by atomic mass is 16.4. The van der Waals surface area contributed by atoms with Crippen molar-refractivity contribution in [2.24, 2.45) is 0 Å². The van der Waals surface area contributed by atoms with Crippen LogP contribution in [0.1, 0.15) is 55.8 Å². The van der Waals surface area contributed by atoms with Crippen molar-refractivity contribution < 1.29 is 19.8 Å². The van der Waals surface area contributed by atoms with Gasteiger partial charge in [-0.3, -0.25) is 0 Å². The average Bonchev–Trinajstić information content (AvgIpc) is 2.51. The molecule has 0 aromatic heterocycles. The van der Waals surface area contributed by atoms with Crippen molar-refractivity contribution in [2.75, 3.05) is 0 Å². The summed E-state index contributed by atoms with van der Waals surface area (Å²) in [5.41, 5.74) is 4.00. The molecule has 4 nitrogen and oxygen atoms in total. The summed E-state index contributed by atoms with van der Waals surface area (Å²) in [7, 11) is 0. The number of hydrogen-bond donors (Lipinski definition) is 0. The Morgan fingerprint density at radius 1 is 0.750 bits per heavy atom. The van der Waals surface area contributed by atoms with Gasteiger partial charge in [-0.05, 0) is 50.7 Å². The third-order valence-electron chi connectivity index (χ3n) is 4.10. The number of aromatic carboxylic acids is 2. The maximum absolute atomic E-state index is 11.2. The molecule has 0 fully saturated rings. The van der Waals surface area contributed by atoms with E-state index in [4.69, 9.17) is 0 Å². The summed E-state index contributed by atoms with van der Waals surface area (Å²) in [4.78, 5) is 22.3. The van der Waals surface area contributed by atoms with Crippen LogP contribution in [-0.4, -0.2) is 11.9 Å². The molecular weight excluding hydrogens is 304 g/mol. The summed E-state index contributed by atoms with van der Waals surface area (Å²) >= 11 is 0. The fourth-order valence-corrected chi connectivity index (χ4v) is 2.89. The number of benzene rings is 2. The molecule has 0 radical (unpaired) electrons. The molecule has 0 amide bonds. The summed E-state index contributed by atoms with van der Waals surface area (Å²) in [5.74, 6) is -2.33. The fourth-order valence-electron chi connectivity index (χ4n) is 2.89. The molecule has 24 heavy (non-hydrogen) atoms. The van der Waals surface area contributed by atoms with Gasteiger partial charge in [0, 0.05) is 11.1 Å². The number of aryl methyl sites for hydroxylation is 4. The van der Waals surface area contributed by atoms with Crippen molar-refractivity contribution in [2.45, 2.75) is 39.5 Å². The van der Waals surface area contributed by atoms with Gasteiger partial charge in [0.1, 0.15) is 0 Å². The second kappa shape index (κ2) is 7.77. The minimum atomic E-state index is -1.16. The Bertz CT molecular complexity index is 697. The van der Waals surface area contributed by atoms with Crippen LogP contribution in [0.2, 0.25) is 0 Å². The van der Waals surface area contributed by atoms with E-state index in [-0.39, 0.29) is 11.1 Å². The number of hydrogen-bond acceptors (Lipinski definition) is 4. The maximum atomic E-state index is 11.2. The first-order valence-corrected chi connectivity index (χ1v) is 8.00. The van der Waals surface area contributed by atoms with E-state index in [1.165, 1.54) is 0 Å². The maximum Gasteiger partial charge on any atom is 0.0718 e. The first-order chi connectivity index (χ1) is 11.4. The molecule has 0 bridgehead atoms. The summed E-state index contributed by atoms with van der Waals surface area (Å²) in [5, 5.41) is 22.3. The van der Waals surface area contributed by atoms with Crippen LogP contribution in [0.15, 0.2) is 36.4 Å². The van der Waals surface area contributed by atoms with Crippen LogP contribution < -0.4 is 10.2 Å². The largest absolute Gasteiger partial charge is 0.545 e. The first kappa shape index (κ1) is 17.7. The van der Waals surface area contributed by atoms with Crippen molar-refractivity contribution in [3.63, 3.8) is 0 Å². The molecule has 2 aromatic carbocycles. The van der Waals surface area contributed by atoms with E-state index in [1.807, 2.05) is 26.0 Å². The lowest BCUT2D eigenvalue weighted by atomic mass is 9.96. The van der Waals surface area contributed by atoms with E-state index in [0.717, 1.165) is 35.1 Å². The molecular formula is C20H20O4-2. The highest BCUT2D eigenvalue weighted by molar-refractivity contribution is 5.88. The van der Waals surface area contributed by atoms with Crippen LogP contribution in [0.4, 0.5) is 0 Å². The Balaban J connectivity index is 2.02. The van der Waals surface area contributed by atoms with E-state index in [2.05, 4.69) is 0 Å². The van der Waals surface area contributed by atoms with Gasteiger partial charge >= 0.3 is 0 Å². The van der Waals surface area contributed by atoms with Crippen molar-refractivity contribution in [1.29, 1.82) is 0 Å². The van der Waals surface area contributed by atoms with Crippen LogP contribution in [-0.2, 0) is 12.8 Å². The van der Waals surface area contributed by atoms with E-state index in [0.29, 0.717) is 12.8 Å². The topological polar surface area (TPSA) is 80.3 Å². The normalized spacial score (nSPS) is 10.6. The number of carbonyl (C=O) groups is 2. The Morgan fingerprint density at radius 3 is 1.46 bits per heavy atom. The van der Waals surface area contributed by atoms with Gasteiger partial charge in [-0.2, -0.15) is 0 Å². The molecule has 2 rings (SSSR count). The molecule has 0 unspecified atom stereocenters. The standard InChI is InChI=1S/C20H22O4/c1-13-7-9-17(19(21)22)15(11-13)5-3-4-6-16-12-14(2)8-10-18(16)20(23)24/h7-12H,3-6H2,1-2H3,(H,21,22)(H,23,24)/p-2. The molecule has 0 atom stereocenters. The van der Waals surface area contributed by atoms with Gasteiger partial charge in [0.05, 0.1) is 11.9 Å². The Kier molecular flexibility index (Phi) is 5.74. The predicted octanol–water partition coefficient (Wildman–Crippen LogP) is 1.60. The van der Waals surface area contributed by atoms with Gasteiger partial charge in [0.15, 0.2) is 0 Å². The summed E-state index contributed by atoms with van der Waals surface area (Å²) in [6.07, 6.45) is 2.78. The van der Waals surface area contributed by atoms with E-state index < -0.39 is 11.9 Å². The minimum absolute atomic E-state index is 0.228. The summed E-state index contributed by atoms with van der Waals surface area (Å²) < 4.78 is 0. The van der Waals surface area contributed by atoms with E-state index >= 15 is 0 Å². The van der Waals surface area contributed by atoms with E-state index in [9.17, 15) is 19.8 Å². The molecule has 0 saturated heterocycles. The zero-order chi connectivity index (χ0) is 17.7. The Labute approximate surface area is 141 Å². The third-order valence-corrected chi connectivity index (χ3v) is 4.10. The average molecular weight is 324 g/mol. The van der Waals surface area contributed by atoms with Gasteiger partial charge in [-0.1, -0.05) is 47.5 Å². The predicted molar refractivity (Wildman–Crippen MR) is 87.7 cm³/mol. The van der Waals surface area contributed by atoms with Crippen molar-refractivity contribution in [1.82, 2.24) is 0 Å². The third kappa shape index (κ3) is 4.44. The molecule has 126 valence electrons. The quantitative estimate of drug-likeness (QED) is 0.725. The Morgan fingerprint density at radius 2 is 1.12 bits per heavy atom.